The third-order valence-corrected chi connectivity index (χ3v) is 3.64. The summed E-state index contributed by atoms with van der Waals surface area (Å²) in [7, 11) is 1.64. The van der Waals surface area contributed by atoms with E-state index in [0.717, 1.165) is 0 Å². The van der Waals surface area contributed by atoms with E-state index in [2.05, 4.69) is 0 Å². The largest absolute Gasteiger partial charge is 0.394 e. The number of hydrogen-bond donors (Lipinski definition) is 3. The summed E-state index contributed by atoms with van der Waals surface area (Å²) >= 11 is 0. The topological polar surface area (TPSA) is 174 Å². The fourth-order valence-corrected chi connectivity index (χ4v) is 2.07. The van der Waals surface area contributed by atoms with Crippen LogP contribution in [0.2, 0.25) is 0 Å². The van der Waals surface area contributed by atoms with Gasteiger partial charge in [0.1, 0.15) is 11.1 Å². The molecule has 0 atom stereocenters. The van der Waals surface area contributed by atoms with E-state index in [9.17, 15) is 0 Å². The summed E-state index contributed by atoms with van der Waals surface area (Å²) in [6, 6.07) is 0. The Bertz CT molecular complexity index is 377. The van der Waals surface area contributed by atoms with E-state index < -0.39 is 0 Å². The van der Waals surface area contributed by atoms with Crippen molar-refractivity contribution in [2.24, 2.45) is 0 Å². The molecule has 0 aromatic rings. The van der Waals surface area contributed by atoms with Crippen molar-refractivity contribution in [2.75, 3.05) is 139 Å². The number of aliphatic hydroxyl groups is 1. The van der Waals surface area contributed by atoms with Gasteiger partial charge in [-0.1, -0.05) is 0 Å². The van der Waals surface area contributed by atoms with Crippen LogP contribution in [-0.2, 0) is 47.4 Å². The molecule has 0 unspecified atom stereocenters. The SMILES string of the molecule is COCCOCCOCCOCCOCCOCCOCCOCCOCCOCCO.N=[N+]=N. The Balaban J connectivity index is 0. The van der Waals surface area contributed by atoms with E-state index in [-0.39, 0.29) is 6.61 Å². The lowest BCUT2D eigenvalue weighted by Crippen LogP contribution is -2.15. The number of hydrogen-bond acceptors (Lipinski definition) is 13. The first-order chi connectivity index (χ1) is 17.3. The van der Waals surface area contributed by atoms with Gasteiger partial charge in [-0.15, -0.1) is 0 Å². The minimum Gasteiger partial charge on any atom is -0.394 e. The Hall–Kier alpha value is -1.13. The van der Waals surface area contributed by atoms with Crippen molar-refractivity contribution in [3.8, 4) is 0 Å². The fourth-order valence-electron chi connectivity index (χ4n) is 2.07. The molecule has 0 saturated heterocycles. The predicted octanol–water partition coefficient (Wildman–Crippen LogP) is -0.110. The lowest BCUT2D eigenvalue weighted by molar-refractivity contribution is -0.0263. The van der Waals surface area contributed by atoms with E-state index in [1.54, 1.807) is 7.11 Å². The van der Waals surface area contributed by atoms with Gasteiger partial charge in [-0.25, -0.2) is 0 Å². The van der Waals surface area contributed by atoms with Crippen molar-refractivity contribution in [1.29, 1.82) is 11.1 Å². The molecule has 0 bridgehead atoms. The number of methoxy groups -OCH3 is 1. The Morgan fingerprint density at radius 3 is 0.743 bits per heavy atom. The zero-order valence-electron chi connectivity index (χ0n) is 21.1. The molecule has 0 aromatic heterocycles. The average molecular weight is 517 g/mol. The summed E-state index contributed by atoms with van der Waals surface area (Å²) in [5.74, 6) is 0. The maximum absolute atomic E-state index is 8.54. The molecular formula is C21H46N3O11+. The van der Waals surface area contributed by atoms with Gasteiger partial charge in [-0.3, -0.25) is 0 Å². The second-order valence-corrected chi connectivity index (χ2v) is 6.34. The van der Waals surface area contributed by atoms with Gasteiger partial charge >= 0.3 is 0 Å². The Kier molecular flexibility index (Phi) is 38.5. The molecule has 0 aliphatic rings. The van der Waals surface area contributed by atoms with Gasteiger partial charge in [-0.05, 0) is 0 Å². The minimum atomic E-state index is 0.0301. The molecule has 0 spiro atoms. The van der Waals surface area contributed by atoms with Crippen molar-refractivity contribution in [3.05, 3.63) is 0 Å². The highest BCUT2D eigenvalue weighted by Gasteiger charge is 1.95. The maximum Gasteiger partial charge on any atom is 0.211 e. The molecule has 35 heavy (non-hydrogen) atoms. The van der Waals surface area contributed by atoms with Gasteiger partial charge in [0.05, 0.1) is 132 Å². The molecule has 210 valence electrons. The van der Waals surface area contributed by atoms with Crippen molar-refractivity contribution in [3.63, 3.8) is 0 Å². The molecule has 0 aromatic carbocycles. The Morgan fingerprint density at radius 2 is 0.571 bits per heavy atom. The summed E-state index contributed by atoms with van der Waals surface area (Å²) in [5, 5.41) is 8.54. The number of rotatable bonds is 29. The van der Waals surface area contributed by atoms with Crippen LogP contribution in [0.4, 0.5) is 0 Å². The predicted molar refractivity (Wildman–Crippen MR) is 124 cm³/mol. The van der Waals surface area contributed by atoms with Crippen molar-refractivity contribution < 1.29 is 52.5 Å². The number of ether oxygens (including phenoxy) is 10. The van der Waals surface area contributed by atoms with Gasteiger partial charge in [-0.2, -0.15) is 0 Å². The maximum atomic E-state index is 8.54. The van der Waals surface area contributed by atoms with E-state index in [1.807, 2.05) is 4.91 Å². The fraction of sp³-hybridized carbons (Fsp3) is 1.00. The van der Waals surface area contributed by atoms with Crippen molar-refractivity contribution >= 4 is 0 Å². The van der Waals surface area contributed by atoms with Crippen molar-refractivity contribution in [1.82, 2.24) is 4.91 Å². The van der Waals surface area contributed by atoms with Crippen molar-refractivity contribution in [2.45, 2.75) is 0 Å². The second-order valence-electron chi connectivity index (χ2n) is 6.34. The van der Waals surface area contributed by atoms with Crippen LogP contribution in [-0.4, -0.2) is 144 Å². The number of aliphatic hydroxyl groups excluding tert-OH is 1. The number of nitrogens with zero attached hydrogens (tertiary/aromatic N) is 1. The quantitative estimate of drug-likeness (QED) is 0.0687. The summed E-state index contributed by atoms with van der Waals surface area (Å²) < 4.78 is 52.9. The highest BCUT2D eigenvalue weighted by molar-refractivity contribution is 4.38. The van der Waals surface area contributed by atoms with Crippen LogP contribution in [0.1, 0.15) is 0 Å². The molecule has 0 aliphatic heterocycles. The van der Waals surface area contributed by atoms with E-state index in [4.69, 9.17) is 63.5 Å². The first kappa shape index (κ1) is 36.0. The highest BCUT2D eigenvalue weighted by atomic mass is 16.6. The van der Waals surface area contributed by atoms with Crippen LogP contribution < -0.4 is 4.91 Å². The normalized spacial score (nSPS) is 10.7. The highest BCUT2D eigenvalue weighted by Crippen LogP contribution is 1.86. The summed E-state index contributed by atoms with van der Waals surface area (Å²) in [6.45, 7) is 9.89. The molecule has 0 rings (SSSR count). The lowest BCUT2D eigenvalue weighted by atomic mass is 10.6. The molecule has 0 radical (unpaired) electrons. The number of nitrogens with one attached hydrogen (secondary N) is 2. The van der Waals surface area contributed by atoms with Crippen LogP contribution >= 0.6 is 0 Å². The van der Waals surface area contributed by atoms with E-state index in [1.165, 1.54) is 0 Å². The van der Waals surface area contributed by atoms with Crippen LogP contribution in [0.25, 0.3) is 0 Å². The van der Waals surface area contributed by atoms with Crippen LogP contribution in [0.5, 0.6) is 0 Å². The molecule has 0 saturated carbocycles. The van der Waals surface area contributed by atoms with Gasteiger partial charge in [0.25, 0.3) is 0 Å². The first-order valence-corrected chi connectivity index (χ1v) is 11.7. The van der Waals surface area contributed by atoms with Gasteiger partial charge < -0.3 is 52.5 Å². The smallest absolute Gasteiger partial charge is 0.211 e. The standard InChI is InChI=1S/C21H44O11.H2N3/c1-23-4-5-25-8-9-27-12-13-29-16-17-31-20-21-32-19-18-30-15-14-28-11-10-26-7-6-24-3-2-22;1-3-2/h22H,2-21H2,1H3;1-2H/q;+1. The monoisotopic (exact) mass is 516 g/mol. The average Bonchev–Trinajstić information content (AvgIpc) is 2.86. The molecule has 3 N–H and O–H groups in total. The first-order valence-electron chi connectivity index (χ1n) is 11.7. The molecule has 14 heteroatoms. The van der Waals surface area contributed by atoms with E-state index >= 15 is 0 Å². The molecule has 0 aliphatic carbocycles. The lowest BCUT2D eigenvalue weighted by Gasteiger charge is -2.08. The van der Waals surface area contributed by atoms with Gasteiger partial charge in [0, 0.05) is 7.11 Å². The summed E-state index contributed by atoms with van der Waals surface area (Å²) in [4.78, 5) is 2.00. The van der Waals surface area contributed by atoms with Gasteiger partial charge in [0.2, 0.25) is 4.91 Å². The zero-order chi connectivity index (χ0) is 25.9. The van der Waals surface area contributed by atoms with Gasteiger partial charge in [0.15, 0.2) is 0 Å². The molecule has 14 nitrogen and oxygen atoms in total. The third kappa shape index (κ3) is 40.3. The van der Waals surface area contributed by atoms with Crippen LogP contribution in [0, 0.1) is 11.1 Å². The Morgan fingerprint density at radius 1 is 0.400 bits per heavy atom. The minimum absolute atomic E-state index is 0.0301. The molecule has 0 fully saturated rings. The molecule has 0 heterocycles. The molecule has 0 amide bonds. The summed E-state index contributed by atoms with van der Waals surface area (Å²) in [6.07, 6.45) is 0. The zero-order valence-corrected chi connectivity index (χ0v) is 21.1. The summed E-state index contributed by atoms with van der Waals surface area (Å²) in [5.41, 5.74) is 11.0. The Labute approximate surface area is 208 Å². The third-order valence-electron chi connectivity index (χ3n) is 3.64. The van der Waals surface area contributed by atoms with Crippen LogP contribution in [0.15, 0.2) is 0 Å². The second kappa shape index (κ2) is 37.4. The van der Waals surface area contributed by atoms with E-state index in [0.29, 0.717) is 126 Å². The van der Waals surface area contributed by atoms with Crippen LogP contribution in [0.3, 0.4) is 0 Å². The molecular weight excluding hydrogens is 470 g/mol.